The molecule has 1 N–H and O–H groups in total. The summed E-state index contributed by atoms with van der Waals surface area (Å²) in [6.07, 6.45) is 2.40. The lowest BCUT2D eigenvalue weighted by atomic mass is 10.0. The second kappa shape index (κ2) is 5.50. The third-order valence-electron chi connectivity index (χ3n) is 3.43. The Morgan fingerprint density at radius 2 is 2.29 bits per heavy atom. The second-order valence-electron chi connectivity index (χ2n) is 4.77. The molecule has 0 amide bonds. The number of rotatable bonds is 3. The normalized spacial score (nSPS) is 20.6. The minimum atomic E-state index is -0.142. The Labute approximate surface area is 103 Å². The van der Waals surface area contributed by atoms with Crippen molar-refractivity contribution in [2.24, 2.45) is 0 Å². The summed E-state index contributed by atoms with van der Waals surface area (Å²) in [7, 11) is 0. The van der Waals surface area contributed by atoms with Crippen LogP contribution in [-0.2, 0) is 0 Å². The highest BCUT2D eigenvalue weighted by atomic mass is 19.1. The summed E-state index contributed by atoms with van der Waals surface area (Å²) < 4.78 is 13.3. The summed E-state index contributed by atoms with van der Waals surface area (Å²) in [6, 6.07) is 5.59. The van der Waals surface area contributed by atoms with Gasteiger partial charge in [0.2, 0.25) is 0 Å². The van der Waals surface area contributed by atoms with E-state index in [1.807, 2.05) is 13.0 Å². The Morgan fingerprint density at radius 3 is 3.06 bits per heavy atom. The number of likely N-dealkylation sites (N-methyl/N-ethyl adjacent to an activating group) is 1. The molecule has 1 aliphatic heterocycles. The maximum atomic E-state index is 13.3. The number of hydrogen-bond acceptors (Lipinski definition) is 2. The highest BCUT2D eigenvalue weighted by Crippen LogP contribution is 2.24. The van der Waals surface area contributed by atoms with Gasteiger partial charge < -0.3 is 10.2 Å². The van der Waals surface area contributed by atoms with Crippen molar-refractivity contribution in [1.29, 1.82) is 0 Å². The summed E-state index contributed by atoms with van der Waals surface area (Å²) in [4.78, 5) is 2.30. The van der Waals surface area contributed by atoms with Gasteiger partial charge in [0.1, 0.15) is 5.82 Å². The van der Waals surface area contributed by atoms with Crippen LogP contribution in [0.15, 0.2) is 18.2 Å². The summed E-state index contributed by atoms with van der Waals surface area (Å²) in [5, 5.41) is 3.48. The van der Waals surface area contributed by atoms with Gasteiger partial charge in [-0.05, 0) is 44.0 Å². The third-order valence-corrected chi connectivity index (χ3v) is 3.43. The number of anilines is 1. The molecular weight excluding hydrogens is 215 g/mol. The zero-order valence-corrected chi connectivity index (χ0v) is 10.7. The van der Waals surface area contributed by atoms with E-state index < -0.39 is 0 Å². The molecule has 17 heavy (non-hydrogen) atoms. The lowest BCUT2D eigenvalue weighted by molar-refractivity contribution is 0.430. The van der Waals surface area contributed by atoms with Crippen molar-refractivity contribution >= 4 is 5.69 Å². The molecule has 0 spiro atoms. The lowest BCUT2D eigenvalue weighted by Crippen LogP contribution is -2.45. The standard InChI is InChI=1S/C14H21FN2/c1-3-16-13-5-4-8-17(10-13)14-9-12(15)7-6-11(14)2/h6-7,9,13,16H,3-5,8,10H2,1-2H3. The first-order valence-corrected chi connectivity index (χ1v) is 6.45. The fourth-order valence-electron chi connectivity index (χ4n) is 2.57. The number of hydrogen-bond donors (Lipinski definition) is 1. The molecule has 1 aromatic rings. The van der Waals surface area contributed by atoms with Crippen molar-refractivity contribution in [3.8, 4) is 0 Å². The smallest absolute Gasteiger partial charge is 0.125 e. The summed E-state index contributed by atoms with van der Waals surface area (Å²) in [5.41, 5.74) is 2.20. The molecule has 1 unspecified atom stereocenters. The maximum Gasteiger partial charge on any atom is 0.125 e. The molecule has 0 bridgehead atoms. The summed E-state index contributed by atoms with van der Waals surface area (Å²) in [5.74, 6) is -0.142. The van der Waals surface area contributed by atoms with Crippen LogP contribution in [0.1, 0.15) is 25.3 Å². The predicted molar refractivity (Wildman–Crippen MR) is 70.0 cm³/mol. The highest BCUT2D eigenvalue weighted by molar-refractivity contribution is 5.53. The molecule has 1 aliphatic rings. The molecule has 1 atom stereocenters. The van der Waals surface area contributed by atoms with Gasteiger partial charge in [-0.15, -0.1) is 0 Å². The largest absolute Gasteiger partial charge is 0.370 e. The first-order chi connectivity index (χ1) is 8.20. The van der Waals surface area contributed by atoms with E-state index >= 15 is 0 Å². The zero-order valence-electron chi connectivity index (χ0n) is 10.7. The number of benzene rings is 1. The van der Waals surface area contributed by atoms with Crippen molar-refractivity contribution in [2.75, 3.05) is 24.5 Å². The van der Waals surface area contributed by atoms with Crippen LogP contribution in [0.4, 0.5) is 10.1 Å². The van der Waals surface area contributed by atoms with Gasteiger partial charge in [-0.2, -0.15) is 0 Å². The average Bonchev–Trinajstić information content (AvgIpc) is 2.33. The number of aryl methyl sites for hydroxylation is 1. The Bertz CT molecular complexity index is 376. The van der Waals surface area contributed by atoms with Crippen LogP contribution in [0.2, 0.25) is 0 Å². The topological polar surface area (TPSA) is 15.3 Å². The zero-order chi connectivity index (χ0) is 12.3. The second-order valence-corrected chi connectivity index (χ2v) is 4.77. The van der Waals surface area contributed by atoms with Crippen LogP contribution in [0.25, 0.3) is 0 Å². The van der Waals surface area contributed by atoms with Crippen molar-refractivity contribution in [2.45, 2.75) is 32.7 Å². The van der Waals surface area contributed by atoms with Crippen molar-refractivity contribution in [3.05, 3.63) is 29.6 Å². The third kappa shape index (κ3) is 2.97. The van der Waals surface area contributed by atoms with Crippen molar-refractivity contribution in [1.82, 2.24) is 5.32 Å². The van der Waals surface area contributed by atoms with Gasteiger partial charge in [0.25, 0.3) is 0 Å². The van der Waals surface area contributed by atoms with Crippen LogP contribution < -0.4 is 10.2 Å². The highest BCUT2D eigenvalue weighted by Gasteiger charge is 2.20. The molecule has 0 radical (unpaired) electrons. The van der Waals surface area contributed by atoms with Crippen LogP contribution in [0.5, 0.6) is 0 Å². The predicted octanol–water partition coefficient (Wildman–Crippen LogP) is 2.71. The van der Waals surface area contributed by atoms with E-state index in [4.69, 9.17) is 0 Å². The van der Waals surface area contributed by atoms with Gasteiger partial charge in [-0.25, -0.2) is 4.39 Å². The quantitative estimate of drug-likeness (QED) is 0.868. The molecule has 94 valence electrons. The monoisotopic (exact) mass is 236 g/mol. The molecular formula is C14H21FN2. The van der Waals surface area contributed by atoms with E-state index in [-0.39, 0.29) is 5.82 Å². The Balaban J connectivity index is 2.13. The van der Waals surface area contributed by atoms with E-state index in [0.29, 0.717) is 6.04 Å². The van der Waals surface area contributed by atoms with Gasteiger partial charge >= 0.3 is 0 Å². The van der Waals surface area contributed by atoms with Crippen LogP contribution in [0, 0.1) is 12.7 Å². The lowest BCUT2D eigenvalue weighted by Gasteiger charge is -2.35. The van der Waals surface area contributed by atoms with Crippen LogP contribution in [0.3, 0.4) is 0 Å². The summed E-state index contributed by atoms with van der Waals surface area (Å²) in [6.45, 7) is 7.20. The molecule has 0 saturated carbocycles. The SMILES string of the molecule is CCNC1CCCN(c2cc(F)ccc2C)C1. The first kappa shape index (κ1) is 12.4. The first-order valence-electron chi connectivity index (χ1n) is 6.45. The molecule has 2 nitrogen and oxygen atoms in total. The van der Waals surface area contributed by atoms with E-state index in [1.54, 1.807) is 6.07 Å². The maximum absolute atomic E-state index is 13.3. The number of nitrogens with zero attached hydrogens (tertiary/aromatic N) is 1. The van der Waals surface area contributed by atoms with E-state index in [2.05, 4.69) is 17.1 Å². The molecule has 1 saturated heterocycles. The minimum absolute atomic E-state index is 0.142. The van der Waals surface area contributed by atoms with Crippen molar-refractivity contribution in [3.63, 3.8) is 0 Å². The van der Waals surface area contributed by atoms with Crippen LogP contribution in [-0.4, -0.2) is 25.7 Å². The summed E-state index contributed by atoms with van der Waals surface area (Å²) >= 11 is 0. The Morgan fingerprint density at radius 1 is 1.47 bits per heavy atom. The van der Waals surface area contributed by atoms with E-state index in [1.165, 1.54) is 18.9 Å². The Kier molecular flexibility index (Phi) is 4.00. The number of piperidine rings is 1. The minimum Gasteiger partial charge on any atom is -0.370 e. The molecule has 0 aromatic heterocycles. The molecule has 2 rings (SSSR count). The number of nitrogens with one attached hydrogen (secondary N) is 1. The van der Waals surface area contributed by atoms with E-state index in [9.17, 15) is 4.39 Å². The molecule has 0 aliphatic carbocycles. The van der Waals surface area contributed by atoms with Gasteiger partial charge in [0, 0.05) is 24.8 Å². The van der Waals surface area contributed by atoms with Crippen LogP contribution >= 0.6 is 0 Å². The molecule has 1 heterocycles. The van der Waals surface area contributed by atoms with Gasteiger partial charge in [-0.3, -0.25) is 0 Å². The fourth-order valence-corrected chi connectivity index (χ4v) is 2.57. The average molecular weight is 236 g/mol. The van der Waals surface area contributed by atoms with Gasteiger partial charge in [0.05, 0.1) is 0 Å². The van der Waals surface area contributed by atoms with Gasteiger partial charge in [-0.1, -0.05) is 13.0 Å². The molecule has 1 aromatic carbocycles. The van der Waals surface area contributed by atoms with Gasteiger partial charge in [0.15, 0.2) is 0 Å². The van der Waals surface area contributed by atoms with Crippen molar-refractivity contribution < 1.29 is 4.39 Å². The van der Waals surface area contributed by atoms with E-state index in [0.717, 1.165) is 30.9 Å². The molecule has 1 fully saturated rings. The fraction of sp³-hybridized carbons (Fsp3) is 0.571. The Hall–Kier alpha value is -1.09. The number of halogens is 1. The molecule has 3 heteroatoms.